The minimum Gasteiger partial charge on any atom is -0.376 e. The highest BCUT2D eigenvalue weighted by Gasteiger charge is 2.21. The molecule has 0 aromatic heterocycles. The average molecular weight is 264 g/mol. The van der Waals surface area contributed by atoms with Gasteiger partial charge in [-0.05, 0) is 30.9 Å². The molecule has 2 atom stereocenters. The Morgan fingerprint density at radius 1 is 1.42 bits per heavy atom. The third-order valence-corrected chi connectivity index (χ3v) is 3.63. The van der Waals surface area contributed by atoms with Crippen LogP contribution in [0.5, 0.6) is 0 Å². The molecule has 5 nitrogen and oxygen atoms in total. The van der Waals surface area contributed by atoms with Crippen LogP contribution >= 0.6 is 0 Å². The Morgan fingerprint density at radius 3 is 2.79 bits per heavy atom. The SMILES string of the molecule is CC1CCNCC1OCCc1ccc([N+](=O)[O-])cc1. The van der Waals surface area contributed by atoms with Crippen molar-refractivity contribution in [2.75, 3.05) is 19.7 Å². The highest BCUT2D eigenvalue weighted by atomic mass is 16.6. The van der Waals surface area contributed by atoms with Crippen LogP contribution in [0.3, 0.4) is 0 Å². The zero-order valence-electron chi connectivity index (χ0n) is 11.2. The molecule has 1 fully saturated rings. The topological polar surface area (TPSA) is 64.4 Å². The maximum absolute atomic E-state index is 10.5. The molecule has 0 spiro atoms. The van der Waals surface area contributed by atoms with E-state index in [1.807, 2.05) is 0 Å². The van der Waals surface area contributed by atoms with E-state index >= 15 is 0 Å². The molecule has 1 saturated heterocycles. The van der Waals surface area contributed by atoms with Crippen molar-refractivity contribution < 1.29 is 9.66 Å². The standard InChI is InChI=1S/C14H20N2O3/c1-11-6-8-15-10-14(11)19-9-7-12-2-4-13(5-3-12)16(17)18/h2-5,11,14-15H,6-10H2,1H3. The predicted octanol–water partition coefficient (Wildman–Crippen LogP) is 2.15. The molecule has 2 unspecified atom stereocenters. The van der Waals surface area contributed by atoms with Gasteiger partial charge in [0, 0.05) is 18.7 Å². The summed E-state index contributed by atoms with van der Waals surface area (Å²) in [6.45, 7) is 4.87. The highest BCUT2D eigenvalue weighted by Crippen LogP contribution is 2.16. The summed E-state index contributed by atoms with van der Waals surface area (Å²) in [6, 6.07) is 6.67. The Kier molecular flexibility index (Phi) is 4.87. The summed E-state index contributed by atoms with van der Waals surface area (Å²) in [4.78, 5) is 10.2. The van der Waals surface area contributed by atoms with Crippen molar-refractivity contribution in [1.82, 2.24) is 5.32 Å². The predicted molar refractivity (Wildman–Crippen MR) is 73.2 cm³/mol. The summed E-state index contributed by atoms with van der Waals surface area (Å²) in [7, 11) is 0. The molecule has 1 aliphatic heterocycles. The number of nitro groups is 1. The van der Waals surface area contributed by atoms with E-state index in [0.29, 0.717) is 12.5 Å². The van der Waals surface area contributed by atoms with E-state index in [1.165, 1.54) is 0 Å². The van der Waals surface area contributed by atoms with E-state index in [0.717, 1.165) is 31.5 Å². The summed E-state index contributed by atoms with van der Waals surface area (Å²) in [6.07, 6.45) is 2.23. The second kappa shape index (κ2) is 6.63. The zero-order valence-corrected chi connectivity index (χ0v) is 11.2. The van der Waals surface area contributed by atoms with Crippen LogP contribution in [-0.2, 0) is 11.2 Å². The van der Waals surface area contributed by atoms with Gasteiger partial charge in [0.2, 0.25) is 0 Å². The number of hydrogen-bond acceptors (Lipinski definition) is 4. The summed E-state index contributed by atoms with van der Waals surface area (Å²) >= 11 is 0. The first-order valence-electron chi connectivity index (χ1n) is 6.72. The van der Waals surface area contributed by atoms with Gasteiger partial charge in [-0.15, -0.1) is 0 Å². The normalized spacial score (nSPS) is 23.2. The van der Waals surface area contributed by atoms with Crippen molar-refractivity contribution in [2.45, 2.75) is 25.9 Å². The number of nitrogens with zero attached hydrogens (tertiary/aromatic N) is 1. The maximum atomic E-state index is 10.5. The van der Waals surface area contributed by atoms with Gasteiger partial charge in [-0.1, -0.05) is 19.1 Å². The molecule has 19 heavy (non-hydrogen) atoms. The molecule has 0 bridgehead atoms. The Balaban J connectivity index is 1.77. The summed E-state index contributed by atoms with van der Waals surface area (Å²) in [5.74, 6) is 0.595. The molecular formula is C14H20N2O3. The first-order chi connectivity index (χ1) is 9.16. The molecule has 0 radical (unpaired) electrons. The molecule has 0 saturated carbocycles. The number of nitro benzene ring substituents is 1. The fourth-order valence-corrected chi connectivity index (χ4v) is 2.30. The van der Waals surface area contributed by atoms with Gasteiger partial charge in [0.1, 0.15) is 0 Å². The smallest absolute Gasteiger partial charge is 0.269 e. The maximum Gasteiger partial charge on any atom is 0.269 e. The van der Waals surface area contributed by atoms with E-state index < -0.39 is 0 Å². The number of piperidine rings is 1. The van der Waals surface area contributed by atoms with Crippen molar-refractivity contribution in [2.24, 2.45) is 5.92 Å². The lowest BCUT2D eigenvalue weighted by Crippen LogP contribution is -2.41. The van der Waals surface area contributed by atoms with Gasteiger partial charge in [0.15, 0.2) is 0 Å². The fourth-order valence-electron chi connectivity index (χ4n) is 2.30. The van der Waals surface area contributed by atoms with Crippen molar-refractivity contribution in [1.29, 1.82) is 0 Å². The first kappa shape index (κ1) is 14.0. The molecule has 0 amide bonds. The number of ether oxygens (including phenoxy) is 1. The number of hydrogen-bond donors (Lipinski definition) is 1. The van der Waals surface area contributed by atoms with E-state index in [1.54, 1.807) is 24.3 Å². The summed E-state index contributed by atoms with van der Waals surface area (Å²) in [5, 5.41) is 13.9. The second-order valence-corrected chi connectivity index (χ2v) is 5.05. The van der Waals surface area contributed by atoms with Crippen LogP contribution in [-0.4, -0.2) is 30.7 Å². The van der Waals surface area contributed by atoms with Gasteiger partial charge in [0.25, 0.3) is 5.69 Å². The minimum absolute atomic E-state index is 0.134. The lowest BCUT2D eigenvalue weighted by Gasteiger charge is -2.29. The molecule has 1 aliphatic rings. The molecule has 1 aromatic rings. The molecule has 1 heterocycles. The van der Waals surface area contributed by atoms with Crippen LogP contribution in [0.25, 0.3) is 0 Å². The van der Waals surface area contributed by atoms with E-state index in [4.69, 9.17) is 4.74 Å². The van der Waals surface area contributed by atoms with E-state index in [9.17, 15) is 10.1 Å². The Bertz CT molecular complexity index is 419. The Hall–Kier alpha value is -1.46. The average Bonchev–Trinajstić information content (AvgIpc) is 2.41. The lowest BCUT2D eigenvalue weighted by molar-refractivity contribution is -0.384. The van der Waals surface area contributed by atoms with Crippen molar-refractivity contribution in [3.8, 4) is 0 Å². The van der Waals surface area contributed by atoms with Crippen molar-refractivity contribution in [3.63, 3.8) is 0 Å². The number of nitrogens with one attached hydrogen (secondary N) is 1. The van der Waals surface area contributed by atoms with Gasteiger partial charge in [-0.2, -0.15) is 0 Å². The molecule has 104 valence electrons. The first-order valence-corrected chi connectivity index (χ1v) is 6.72. The number of rotatable bonds is 5. The molecule has 1 N–H and O–H groups in total. The number of non-ortho nitro benzene ring substituents is 1. The van der Waals surface area contributed by atoms with Crippen LogP contribution < -0.4 is 5.32 Å². The van der Waals surface area contributed by atoms with Crippen LogP contribution in [0.1, 0.15) is 18.9 Å². The zero-order chi connectivity index (χ0) is 13.7. The Labute approximate surface area is 113 Å². The molecule has 5 heteroatoms. The van der Waals surface area contributed by atoms with Crippen molar-refractivity contribution in [3.05, 3.63) is 39.9 Å². The minimum atomic E-state index is -0.379. The second-order valence-electron chi connectivity index (χ2n) is 5.05. The fraction of sp³-hybridized carbons (Fsp3) is 0.571. The van der Waals surface area contributed by atoms with Crippen LogP contribution in [0.15, 0.2) is 24.3 Å². The molecule has 2 rings (SSSR count). The van der Waals surface area contributed by atoms with Gasteiger partial charge < -0.3 is 10.1 Å². The summed E-state index contributed by atoms with van der Waals surface area (Å²) in [5.41, 5.74) is 1.21. The third-order valence-electron chi connectivity index (χ3n) is 3.63. The van der Waals surface area contributed by atoms with Gasteiger partial charge in [0.05, 0.1) is 17.6 Å². The quantitative estimate of drug-likeness (QED) is 0.653. The lowest BCUT2D eigenvalue weighted by atomic mass is 9.97. The van der Waals surface area contributed by atoms with Crippen LogP contribution in [0.2, 0.25) is 0 Å². The van der Waals surface area contributed by atoms with E-state index in [-0.39, 0.29) is 16.7 Å². The molecule has 1 aromatic carbocycles. The van der Waals surface area contributed by atoms with E-state index in [2.05, 4.69) is 12.2 Å². The largest absolute Gasteiger partial charge is 0.376 e. The van der Waals surface area contributed by atoms with Crippen LogP contribution in [0.4, 0.5) is 5.69 Å². The van der Waals surface area contributed by atoms with Gasteiger partial charge >= 0.3 is 0 Å². The van der Waals surface area contributed by atoms with Gasteiger partial charge in [-0.25, -0.2) is 0 Å². The van der Waals surface area contributed by atoms with Crippen LogP contribution in [0, 0.1) is 16.0 Å². The third kappa shape index (κ3) is 4.01. The Morgan fingerprint density at radius 2 is 2.16 bits per heavy atom. The number of benzene rings is 1. The highest BCUT2D eigenvalue weighted by molar-refractivity contribution is 5.32. The molecule has 0 aliphatic carbocycles. The molecular weight excluding hydrogens is 244 g/mol. The van der Waals surface area contributed by atoms with Gasteiger partial charge in [-0.3, -0.25) is 10.1 Å². The summed E-state index contributed by atoms with van der Waals surface area (Å²) < 4.78 is 5.88. The van der Waals surface area contributed by atoms with Crippen molar-refractivity contribution >= 4 is 5.69 Å². The monoisotopic (exact) mass is 264 g/mol.